The minimum absolute atomic E-state index is 0.0561. The third-order valence-corrected chi connectivity index (χ3v) is 7.67. The standard InChI is InChI=1S/C25H29ClFN7O/c1-14-9-10-33(13-18(14)27)24-15(2)28-23-22(16-7-8-19-17(21(16)26)12-32(3)30-19)31-34(25(23)29-24)20-6-4-5-11-35-20/h7-8,12,14,18,20H,4-6,9-11,13H2,1-3H3/t14-,18+,20?/m0/s1. The van der Waals surface area contributed by atoms with Crippen molar-refractivity contribution in [3.63, 3.8) is 0 Å². The minimum atomic E-state index is -0.882. The number of aromatic nitrogens is 6. The van der Waals surface area contributed by atoms with Crippen LogP contribution >= 0.6 is 11.6 Å². The molecule has 0 amide bonds. The molecule has 1 aromatic carbocycles. The second-order valence-electron chi connectivity index (χ2n) is 9.81. The van der Waals surface area contributed by atoms with E-state index in [0.717, 1.165) is 54.4 Å². The smallest absolute Gasteiger partial charge is 0.182 e. The van der Waals surface area contributed by atoms with Crippen LogP contribution in [0.5, 0.6) is 0 Å². The van der Waals surface area contributed by atoms with Crippen molar-refractivity contribution in [2.45, 2.75) is 51.9 Å². The van der Waals surface area contributed by atoms with Crippen LogP contribution in [0, 0.1) is 12.8 Å². The lowest BCUT2D eigenvalue weighted by Crippen LogP contribution is -2.41. The molecular formula is C25H29ClFN7O. The van der Waals surface area contributed by atoms with Gasteiger partial charge in [-0.3, -0.25) is 4.68 Å². The van der Waals surface area contributed by atoms with Crippen molar-refractivity contribution in [3.05, 3.63) is 29.0 Å². The predicted molar refractivity (Wildman–Crippen MR) is 135 cm³/mol. The summed E-state index contributed by atoms with van der Waals surface area (Å²) in [4.78, 5) is 12.0. The van der Waals surface area contributed by atoms with E-state index in [9.17, 15) is 4.39 Å². The van der Waals surface area contributed by atoms with Gasteiger partial charge in [0, 0.05) is 37.3 Å². The van der Waals surface area contributed by atoms with E-state index >= 15 is 0 Å². The van der Waals surface area contributed by atoms with Crippen LogP contribution in [0.15, 0.2) is 18.3 Å². The Morgan fingerprint density at radius 2 is 2.00 bits per heavy atom. The fraction of sp³-hybridized carbons (Fsp3) is 0.520. The fourth-order valence-electron chi connectivity index (χ4n) is 5.20. The van der Waals surface area contributed by atoms with Crippen molar-refractivity contribution in [1.82, 2.24) is 29.5 Å². The van der Waals surface area contributed by atoms with Crippen LogP contribution in [0.2, 0.25) is 5.02 Å². The summed E-state index contributed by atoms with van der Waals surface area (Å²) in [5.74, 6) is 0.768. The van der Waals surface area contributed by atoms with E-state index in [4.69, 9.17) is 31.4 Å². The highest BCUT2D eigenvalue weighted by Crippen LogP contribution is 2.39. The molecule has 0 aliphatic carbocycles. The molecule has 0 N–H and O–H groups in total. The number of piperidine rings is 1. The highest BCUT2D eigenvalue weighted by Gasteiger charge is 2.30. The molecule has 10 heteroatoms. The van der Waals surface area contributed by atoms with Crippen LogP contribution in [0.1, 0.15) is 44.5 Å². The third kappa shape index (κ3) is 3.85. The van der Waals surface area contributed by atoms with E-state index in [1.165, 1.54) is 0 Å². The number of nitrogens with zero attached hydrogens (tertiary/aromatic N) is 7. The molecule has 4 aromatic rings. The van der Waals surface area contributed by atoms with Gasteiger partial charge in [0.05, 0.1) is 22.8 Å². The summed E-state index contributed by atoms with van der Waals surface area (Å²) in [6, 6.07) is 3.89. The van der Waals surface area contributed by atoms with Crippen LogP contribution < -0.4 is 4.90 Å². The highest BCUT2D eigenvalue weighted by atomic mass is 35.5. The number of ether oxygens (including phenoxy) is 1. The zero-order valence-electron chi connectivity index (χ0n) is 20.2. The number of aryl methyl sites for hydroxylation is 2. The molecular weight excluding hydrogens is 469 g/mol. The number of benzene rings is 1. The van der Waals surface area contributed by atoms with Crippen molar-refractivity contribution in [2.24, 2.45) is 13.0 Å². The van der Waals surface area contributed by atoms with Gasteiger partial charge in [0.15, 0.2) is 17.7 Å². The first-order valence-corrected chi connectivity index (χ1v) is 12.7. The van der Waals surface area contributed by atoms with E-state index in [1.54, 1.807) is 4.68 Å². The summed E-state index contributed by atoms with van der Waals surface area (Å²) in [5, 5.41) is 10.9. The lowest BCUT2D eigenvalue weighted by molar-refractivity contribution is -0.0368. The Morgan fingerprint density at radius 1 is 1.14 bits per heavy atom. The van der Waals surface area contributed by atoms with Gasteiger partial charge in [0.25, 0.3) is 0 Å². The number of hydrogen-bond acceptors (Lipinski definition) is 6. The van der Waals surface area contributed by atoms with Crippen molar-refractivity contribution in [1.29, 1.82) is 0 Å². The summed E-state index contributed by atoms with van der Waals surface area (Å²) in [7, 11) is 1.88. The lowest BCUT2D eigenvalue weighted by atomic mass is 9.97. The van der Waals surface area contributed by atoms with Gasteiger partial charge in [-0.2, -0.15) is 10.2 Å². The monoisotopic (exact) mass is 497 g/mol. The predicted octanol–water partition coefficient (Wildman–Crippen LogP) is 5.23. The molecule has 8 nitrogen and oxygen atoms in total. The number of hydrogen-bond donors (Lipinski definition) is 0. The average Bonchev–Trinajstić information content (AvgIpc) is 3.41. The second kappa shape index (κ2) is 8.71. The summed E-state index contributed by atoms with van der Waals surface area (Å²) < 4.78 is 24.3. The van der Waals surface area contributed by atoms with Gasteiger partial charge in [0.2, 0.25) is 0 Å². The van der Waals surface area contributed by atoms with Crippen LogP contribution in [0.4, 0.5) is 10.2 Å². The van der Waals surface area contributed by atoms with Crippen LogP contribution in [-0.4, -0.2) is 55.4 Å². The van der Waals surface area contributed by atoms with Crippen molar-refractivity contribution in [2.75, 3.05) is 24.6 Å². The molecule has 2 aliphatic heterocycles. The molecule has 3 aromatic heterocycles. The van der Waals surface area contributed by atoms with Crippen molar-refractivity contribution >= 4 is 39.5 Å². The van der Waals surface area contributed by atoms with Crippen LogP contribution in [0.25, 0.3) is 33.3 Å². The molecule has 0 radical (unpaired) electrons. The van der Waals surface area contributed by atoms with Gasteiger partial charge in [-0.15, -0.1) is 0 Å². The molecule has 0 saturated carbocycles. The number of anilines is 1. The maximum atomic E-state index is 14.6. The van der Waals surface area contributed by atoms with E-state index in [0.29, 0.717) is 40.8 Å². The zero-order valence-corrected chi connectivity index (χ0v) is 21.0. The topological polar surface area (TPSA) is 73.9 Å². The van der Waals surface area contributed by atoms with E-state index in [2.05, 4.69) is 5.10 Å². The largest absolute Gasteiger partial charge is 0.356 e. The summed E-state index contributed by atoms with van der Waals surface area (Å²) in [5.41, 5.74) is 4.34. The fourth-order valence-corrected chi connectivity index (χ4v) is 5.50. The van der Waals surface area contributed by atoms with Gasteiger partial charge >= 0.3 is 0 Å². The Morgan fingerprint density at radius 3 is 2.77 bits per heavy atom. The lowest BCUT2D eigenvalue weighted by Gasteiger charge is -2.34. The van der Waals surface area contributed by atoms with Crippen LogP contribution in [-0.2, 0) is 11.8 Å². The first-order valence-electron chi connectivity index (χ1n) is 12.3. The first-order chi connectivity index (χ1) is 16.9. The Hall–Kier alpha value is -2.78. The highest BCUT2D eigenvalue weighted by molar-refractivity contribution is 6.38. The Kier molecular flexibility index (Phi) is 5.64. The zero-order chi connectivity index (χ0) is 24.3. The minimum Gasteiger partial charge on any atom is -0.356 e. The first kappa shape index (κ1) is 22.7. The maximum Gasteiger partial charge on any atom is 0.182 e. The second-order valence-corrected chi connectivity index (χ2v) is 10.2. The Balaban J connectivity index is 1.53. The number of alkyl halides is 1. The quantitative estimate of drug-likeness (QED) is 0.386. The molecule has 2 saturated heterocycles. The molecule has 0 spiro atoms. The van der Waals surface area contributed by atoms with Gasteiger partial charge < -0.3 is 9.64 Å². The molecule has 35 heavy (non-hydrogen) atoms. The van der Waals surface area contributed by atoms with Gasteiger partial charge in [-0.25, -0.2) is 19.0 Å². The molecule has 6 rings (SSSR count). The normalized spacial score (nSPS) is 23.5. The Labute approximate surface area is 208 Å². The summed E-state index contributed by atoms with van der Waals surface area (Å²) >= 11 is 6.88. The molecule has 2 aliphatic rings. The third-order valence-electron chi connectivity index (χ3n) is 7.26. The molecule has 5 heterocycles. The van der Waals surface area contributed by atoms with Gasteiger partial charge in [0.1, 0.15) is 17.4 Å². The van der Waals surface area contributed by atoms with Crippen molar-refractivity contribution in [3.8, 4) is 11.3 Å². The van der Waals surface area contributed by atoms with E-state index in [-0.39, 0.29) is 12.1 Å². The van der Waals surface area contributed by atoms with Crippen LogP contribution in [0.3, 0.4) is 0 Å². The average molecular weight is 498 g/mol. The van der Waals surface area contributed by atoms with Crippen molar-refractivity contribution < 1.29 is 9.13 Å². The molecule has 2 fully saturated rings. The molecule has 0 bridgehead atoms. The SMILES string of the molecule is Cc1nc2c(-c3ccc4nn(C)cc4c3Cl)nn(C3CCCCO3)c2nc1N1CC[C@H](C)[C@H](F)C1. The number of fused-ring (bicyclic) bond motifs is 2. The van der Waals surface area contributed by atoms with Gasteiger partial charge in [-0.1, -0.05) is 18.5 Å². The van der Waals surface area contributed by atoms with E-state index < -0.39 is 6.17 Å². The Bertz CT molecular complexity index is 1410. The summed E-state index contributed by atoms with van der Waals surface area (Å²) in [6.45, 7) is 5.66. The van der Waals surface area contributed by atoms with Gasteiger partial charge in [-0.05, 0) is 50.7 Å². The molecule has 184 valence electrons. The summed E-state index contributed by atoms with van der Waals surface area (Å²) in [6.07, 6.45) is 4.54. The number of halogens is 2. The van der Waals surface area contributed by atoms with E-state index in [1.807, 2.05) is 48.8 Å². The molecule has 3 atom stereocenters. The maximum absolute atomic E-state index is 14.6. The number of rotatable bonds is 3. The molecule has 1 unspecified atom stereocenters.